The predicted octanol–water partition coefficient (Wildman–Crippen LogP) is 3.16. The molecule has 2 aromatic rings. The van der Waals surface area contributed by atoms with Gasteiger partial charge in [0.15, 0.2) is 0 Å². The normalized spacial score (nSPS) is 14.4. The molecule has 0 aromatic heterocycles. The van der Waals surface area contributed by atoms with Gasteiger partial charge >= 0.3 is 0 Å². The number of ether oxygens (including phenoxy) is 1. The first-order valence-corrected chi connectivity index (χ1v) is 7.28. The molecule has 1 heterocycles. The number of fused-ring (bicyclic) bond motifs is 1. The lowest BCUT2D eigenvalue weighted by atomic mass is 10.00. The molecule has 0 atom stereocenters. The van der Waals surface area contributed by atoms with Gasteiger partial charge in [-0.05, 0) is 54.4 Å². The fraction of sp³-hybridized carbons (Fsp3) is 0.294. The smallest absolute Gasteiger partial charge is 0.269 e. The SMILES string of the molecule is CN1CCc2cc(OCc3ccc([N+](=O)[O-])cc3)ccc2C1. The molecule has 2 aromatic carbocycles. The second-order valence-corrected chi connectivity index (χ2v) is 5.63. The van der Waals surface area contributed by atoms with Crippen LogP contribution < -0.4 is 4.74 Å². The zero-order valence-corrected chi connectivity index (χ0v) is 12.5. The van der Waals surface area contributed by atoms with E-state index in [1.807, 2.05) is 6.07 Å². The van der Waals surface area contributed by atoms with Gasteiger partial charge in [-0.15, -0.1) is 0 Å². The highest BCUT2D eigenvalue weighted by atomic mass is 16.6. The first-order chi connectivity index (χ1) is 10.6. The van der Waals surface area contributed by atoms with Gasteiger partial charge in [-0.2, -0.15) is 0 Å². The Kier molecular flexibility index (Phi) is 4.06. The molecular weight excluding hydrogens is 280 g/mol. The summed E-state index contributed by atoms with van der Waals surface area (Å²) in [4.78, 5) is 12.5. The van der Waals surface area contributed by atoms with E-state index < -0.39 is 4.92 Å². The van der Waals surface area contributed by atoms with Crippen LogP contribution >= 0.6 is 0 Å². The first kappa shape index (κ1) is 14.5. The Morgan fingerprint density at radius 3 is 2.68 bits per heavy atom. The first-order valence-electron chi connectivity index (χ1n) is 7.28. The van der Waals surface area contributed by atoms with Crippen molar-refractivity contribution < 1.29 is 9.66 Å². The van der Waals surface area contributed by atoms with Crippen molar-refractivity contribution in [2.75, 3.05) is 13.6 Å². The Labute approximate surface area is 129 Å². The third kappa shape index (κ3) is 3.26. The molecule has 0 fully saturated rings. The number of nitro benzene ring substituents is 1. The summed E-state index contributed by atoms with van der Waals surface area (Å²) in [6, 6.07) is 12.7. The third-order valence-corrected chi connectivity index (χ3v) is 3.93. The van der Waals surface area contributed by atoms with Crippen LogP contribution in [-0.2, 0) is 19.6 Å². The van der Waals surface area contributed by atoms with E-state index >= 15 is 0 Å². The minimum absolute atomic E-state index is 0.0988. The summed E-state index contributed by atoms with van der Waals surface area (Å²) >= 11 is 0. The number of hydrogen-bond acceptors (Lipinski definition) is 4. The van der Waals surface area contributed by atoms with Crippen LogP contribution in [0.1, 0.15) is 16.7 Å². The molecule has 5 heteroatoms. The Balaban J connectivity index is 1.65. The third-order valence-electron chi connectivity index (χ3n) is 3.93. The Hall–Kier alpha value is -2.40. The van der Waals surface area contributed by atoms with Crippen LogP contribution in [0.5, 0.6) is 5.75 Å². The molecule has 0 bridgehead atoms. The molecule has 0 aliphatic carbocycles. The van der Waals surface area contributed by atoms with E-state index in [1.165, 1.54) is 23.3 Å². The maximum absolute atomic E-state index is 10.6. The number of nitrogens with zero attached hydrogens (tertiary/aromatic N) is 2. The number of benzene rings is 2. The molecular formula is C17H18N2O3. The quantitative estimate of drug-likeness (QED) is 0.642. The van der Waals surface area contributed by atoms with Crippen LogP contribution in [-0.4, -0.2) is 23.4 Å². The van der Waals surface area contributed by atoms with Gasteiger partial charge in [0.05, 0.1) is 4.92 Å². The molecule has 0 radical (unpaired) electrons. The molecule has 0 N–H and O–H groups in total. The van der Waals surface area contributed by atoms with Gasteiger partial charge in [0, 0.05) is 25.2 Å². The molecule has 3 rings (SSSR count). The molecule has 1 aliphatic heterocycles. The monoisotopic (exact) mass is 298 g/mol. The van der Waals surface area contributed by atoms with Crippen molar-refractivity contribution in [3.05, 3.63) is 69.3 Å². The van der Waals surface area contributed by atoms with E-state index in [0.717, 1.165) is 30.8 Å². The van der Waals surface area contributed by atoms with Crippen LogP contribution in [0.3, 0.4) is 0 Å². The number of nitro groups is 1. The van der Waals surface area contributed by atoms with Gasteiger partial charge in [-0.25, -0.2) is 0 Å². The van der Waals surface area contributed by atoms with E-state index in [0.29, 0.717) is 6.61 Å². The van der Waals surface area contributed by atoms with E-state index in [4.69, 9.17) is 4.74 Å². The summed E-state index contributed by atoms with van der Waals surface area (Å²) in [5.74, 6) is 0.849. The zero-order valence-electron chi connectivity index (χ0n) is 12.5. The van der Waals surface area contributed by atoms with Crippen molar-refractivity contribution in [1.29, 1.82) is 0 Å². The predicted molar refractivity (Wildman–Crippen MR) is 83.9 cm³/mol. The molecule has 0 amide bonds. The molecule has 5 nitrogen and oxygen atoms in total. The topological polar surface area (TPSA) is 55.6 Å². The number of rotatable bonds is 4. The van der Waals surface area contributed by atoms with Crippen molar-refractivity contribution >= 4 is 5.69 Å². The largest absolute Gasteiger partial charge is 0.489 e. The number of hydrogen-bond donors (Lipinski definition) is 0. The van der Waals surface area contributed by atoms with Gasteiger partial charge in [-0.3, -0.25) is 10.1 Å². The van der Waals surface area contributed by atoms with Crippen molar-refractivity contribution in [3.8, 4) is 5.75 Å². The fourth-order valence-corrected chi connectivity index (χ4v) is 2.64. The standard InChI is InChI=1S/C17H18N2O3/c1-18-9-8-14-10-17(7-4-15(14)11-18)22-12-13-2-5-16(6-3-13)19(20)21/h2-7,10H,8-9,11-12H2,1H3. The van der Waals surface area contributed by atoms with Crippen molar-refractivity contribution in [1.82, 2.24) is 4.90 Å². The average Bonchev–Trinajstić information content (AvgIpc) is 2.53. The van der Waals surface area contributed by atoms with Gasteiger partial charge < -0.3 is 9.64 Å². The van der Waals surface area contributed by atoms with Gasteiger partial charge in [-0.1, -0.05) is 6.07 Å². The average molecular weight is 298 g/mol. The van der Waals surface area contributed by atoms with Crippen LogP contribution in [0.15, 0.2) is 42.5 Å². The second kappa shape index (κ2) is 6.15. The molecule has 0 spiro atoms. The van der Waals surface area contributed by atoms with E-state index in [2.05, 4.69) is 24.1 Å². The van der Waals surface area contributed by atoms with Crippen LogP contribution in [0.25, 0.3) is 0 Å². The minimum Gasteiger partial charge on any atom is -0.489 e. The summed E-state index contributed by atoms with van der Waals surface area (Å²) in [5, 5.41) is 10.6. The lowest BCUT2D eigenvalue weighted by Gasteiger charge is -2.25. The van der Waals surface area contributed by atoms with Crippen molar-refractivity contribution in [2.24, 2.45) is 0 Å². The van der Waals surface area contributed by atoms with Crippen LogP contribution in [0.4, 0.5) is 5.69 Å². The summed E-state index contributed by atoms with van der Waals surface area (Å²) in [6.07, 6.45) is 1.04. The molecule has 22 heavy (non-hydrogen) atoms. The second-order valence-electron chi connectivity index (χ2n) is 5.63. The van der Waals surface area contributed by atoms with Crippen molar-refractivity contribution in [3.63, 3.8) is 0 Å². The van der Waals surface area contributed by atoms with Gasteiger partial charge in [0.1, 0.15) is 12.4 Å². The molecule has 114 valence electrons. The minimum atomic E-state index is -0.398. The molecule has 1 aliphatic rings. The van der Waals surface area contributed by atoms with E-state index in [1.54, 1.807) is 12.1 Å². The Morgan fingerprint density at radius 2 is 1.95 bits per heavy atom. The van der Waals surface area contributed by atoms with Crippen LogP contribution in [0, 0.1) is 10.1 Å². The lowest BCUT2D eigenvalue weighted by molar-refractivity contribution is -0.384. The van der Waals surface area contributed by atoms with Crippen molar-refractivity contribution in [2.45, 2.75) is 19.6 Å². The molecule has 0 saturated heterocycles. The van der Waals surface area contributed by atoms with E-state index in [9.17, 15) is 10.1 Å². The summed E-state index contributed by atoms with van der Waals surface area (Å²) in [5.41, 5.74) is 3.72. The zero-order chi connectivity index (χ0) is 15.5. The summed E-state index contributed by atoms with van der Waals surface area (Å²) in [6.45, 7) is 2.47. The highest BCUT2D eigenvalue weighted by Gasteiger charge is 2.13. The summed E-state index contributed by atoms with van der Waals surface area (Å²) in [7, 11) is 2.13. The maximum atomic E-state index is 10.6. The lowest BCUT2D eigenvalue weighted by Crippen LogP contribution is -2.26. The highest BCUT2D eigenvalue weighted by molar-refractivity contribution is 5.37. The fourth-order valence-electron chi connectivity index (χ4n) is 2.64. The summed E-state index contributed by atoms with van der Waals surface area (Å²) < 4.78 is 5.80. The van der Waals surface area contributed by atoms with Gasteiger partial charge in [0.25, 0.3) is 5.69 Å². The molecule has 0 saturated carbocycles. The van der Waals surface area contributed by atoms with Crippen LogP contribution in [0.2, 0.25) is 0 Å². The molecule has 0 unspecified atom stereocenters. The Bertz CT molecular complexity index is 683. The highest BCUT2D eigenvalue weighted by Crippen LogP contribution is 2.24. The number of non-ortho nitro benzene ring substituents is 1. The van der Waals surface area contributed by atoms with E-state index in [-0.39, 0.29) is 5.69 Å². The maximum Gasteiger partial charge on any atom is 0.269 e. The van der Waals surface area contributed by atoms with Gasteiger partial charge in [0.2, 0.25) is 0 Å². The number of likely N-dealkylation sites (N-methyl/N-ethyl adjacent to an activating group) is 1. The Morgan fingerprint density at radius 1 is 1.18 bits per heavy atom.